The first-order chi connectivity index (χ1) is 6.86. The van der Waals surface area contributed by atoms with E-state index in [0.717, 1.165) is 5.92 Å². The third-order valence-electron chi connectivity index (χ3n) is 3.66. The molecular weight excluding hydrogens is 206 g/mol. The number of hydrogen-bond acceptors (Lipinski definition) is 0. The summed E-state index contributed by atoms with van der Waals surface area (Å²) in [5, 5.41) is 0. The van der Waals surface area contributed by atoms with Gasteiger partial charge in [0.2, 0.25) is 0 Å². The Labute approximate surface area is 102 Å². The number of piperidine rings is 1. The Hall–Kier alpha value is 0.250. The number of likely N-dealkylation sites (tertiary alicyclic amines) is 1. The lowest BCUT2D eigenvalue weighted by molar-refractivity contribution is -0.906. The summed E-state index contributed by atoms with van der Waals surface area (Å²) < 4.78 is 0. The van der Waals surface area contributed by atoms with Crippen molar-refractivity contribution in [2.24, 2.45) is 5.92 Å². The van der Waals surface area contributed by atoms with E-state index in [-0.39, 0.29) is 12.4 Å². The standard InChI is InChI=1S/C13H27N.ClH/c1-3-5-7-13-8-11-14(12-9-13)10-6-4-2;/h13H,3-12H2,1-2H3;1H. The third-order valence-corrected chi connectivity index (χ3v) is 3.66. The Morgan fingerprint density at radius 3 is 2.13 bits per heavy atom. The lowest BCUT2D eigenvalue weighted by atomic mass is 9.91. The molecule has 92 valence electrons. The van der Waals surface area contributed by atoms with Crippen molar-refractivity contribution in [1.29, 1.82) is 0 Å². The van der Waals surface area contributed by atoms with Crippen molar-refractivity contribution in [1.82, 2.24) is 0 Å². The van der Waals surface area contributed by atoms with Gasteiger partial charge in [0.25, 0.3) is 0 Å². The van der Waals surface area contributed by atoms with Gasteiger partial charge in [-0.25, -0.2) is 0 Å². The fourth-order valence-corrected chi connectivity index (χ4v) is 2.54. The molecule has 0 saturated carbocycles. The fourth-order valence-electron chi connectivity index (χ4n) is 2.54. The van der Waals surface area contributed by atoms with Crippen LogP contribution >= 0.6 is 0 Å². The summed E-state index contributed by atoms with van der Waals surface area (Å²) >= 11 is 0. The van der Waals surface area contributed by atoms with E-state index >= 15 is 0 Å². The van der Waals surface area contributed by atoms with Crippen molar-refractivity contribution >= 4 is 0 Å². The van der Waals surface area contributed by atoms with Crippen LogP contribution in [-0.2, 0) is 0 Å². The van der Waals surface area contributed by atoms with Crippen LogP contribution in [0.25, 0.3) is 0 Å². The van der Waals surface area contributed by atoms with E-state index in [1.54, 1.807) is 0 Å². The first-order valence-corrected chi connectivity index (χ1v) is 6.70. The second-order valence-electron chi connectivity index (χ2n) is 4.94. The van der Waals surface area contributed by atoms with Crippen molar-refractivity contribution in [3.63, 3.8) is 0 Å². The van der Waals surface area contributed by atoms with Crippen LogP contribution in [-0.4, -0.2) is 19.6 Å². The predicted molar refractivity (Wildman–Crippen MR) is 62.7 cm³/mol. The Morgan fingerprint density at radius 2 is 1.60 bits per heavy atom. The Bertz CT molecular complexity index is 114. The van der Waals surface area contributed by atoms with E-state index in [0.29, 0.717) is 0 Å². The highest BCUT2D eigenvalue weighted by atomic mass is 35.5. The van der Waals surface area contributed by atoms with Gasteiger partial charge in [0.05, 0.1) is 19.6 Å². The summed E-state index contributed by atoms with van der Waals surface area (Å²) in [6, 6.07) is 0. The van der Waals surface area contributed by atoms with E-state index < -0.39 is 0 Å². The molecule has 1 saturated heterocycles. The van der Waals surface area contributed by atoms with Crippen LogP contribution in [0.5, 0.6) is 0 Å². The van der Waals surface area contributed by atoms with E-state index in [1.807, 2.05) is 4.90 Å². The van der Waals surface area contributed by atoms with Gasteiger partial charge >= 0.3 is 0 Å². The SMILES string of the molecule is CCCCC1CC[NH+](CCCC)CC1.[Cl-]. The van der Waals surface area contributed by atoms with Gasteiger partial charge in [-0.05, 0) is 25.2 Å². The highest BCUT2D eigenvalue weighted by molar-refractivity contribution is 4.62. The van der Waals surface area contributed by atoms with Gasteiger partial charge in [-0.2, -0.15) is 0 Å². The molecule has 0 spiro atoms. The van der Waals surface area contributed by atoms with Crippen LogP contribution in [0.15, 0.2) is 0 Å². The van der Waals surface area contributed by atoms with E-state index in [1.165, 1.54) is 64.6 Å². The monoisotopic (exact) mass is 233 g/mol. The molecule has 1 rings (SSSR count). The maximum atomic E-state index is 2.31. The van der Waals surface area contributed by atoms with Crippen molar-refractivity contribution in [2.45, 2.75) is 58.8 Å². The average Bonchev–Trinajstić information content (AvgIpc) is 2.25. The molecule has 1 aliphatic heterocycles. The molecule has 15 heavy (non-hydrogen) atoms. The minimum Gasteiger partial charge on any atom is -1.00 e. The topological polar surface area (TPSA) is 4.44 Å². The maximum Gasteiger partial charge on any atom is 0.0773 e. The zero-order chi connectivity index (χ0) is 10.2. The smallest absolute Gasteiger partial charge is 0.0773 e. The average molecular weight is 234 g/mol. The Balaban J connectivity index is 0.00000196. The molecule has 0 radical (unpaired) electrons. The highest BCUT2D eigenvalue weighted by Gasteiger charge is 2.20. The summed E-state index contributed by atoms with van der Waals surface area (Å²) in [6.07, 6.45) is 10.1. The number of unbranched alkanes of at least 4 members (excludes halogenated alkanes) is 2. The molecule has 0 unspecified atom stereocenters. The molecule has 1 nitrogen and oxygen atoms in total. The maximum absolute atomic E-state index is 2.31. The van der Waals surface area contributed by atoms with Gasteiger partial charge in [0, 0.05) is 0 Å². The molecule has 1 heterocycles. The normalized spacial score (nSPS) is 26.0. The van der Waals surface area contributed by atoms with Crippen LogP contribution in [0.1, 0.15) is 58.8 Å². The van der Waals surface area contributed by atoms with Crippen molar-refractivity contribution in [3.05, 3.63) is 0 Å². The molecule has 0 aromatic heterocycles. The summed E-state index contributed by atoms with van der Waals surface area (Å²) in [6.45, 7) is 8.94. The molecule has 1 aliphatic rings. The molecule has 0 amide bonds. The summed E-state index contributed by atoms with van der Waals surface area (Å²) in [4.78, 5) is 1.87. The zero-order valence-electron chi connectivity index (χ0n) is 10.5. The molecule has 0 atom stereocenters. The molecule has 0 aromatic rings. The number of rotatable bonds is 6. The molecule has 0 aromatic carbocycles. The number of halogens is 1. The molecule has 0 bridgehead atoms. The molecule has 1 fully saturated rings. The lowest BCUT2D eigenvalue weighted by Crippen LogP contribution is -3.13. The van der Waals surface area contributed by atoms with Crippen molar-refractivity contribution < 1.29 is 17.3 Å². The second-order valence-corrected chi connectivity index (χ2v) is 4.94. The second kappa shape index (κ2) is 9.47. The first-order valence-electron chi connectivity index (χ1n) is 6.70. The first kappa shape index (κ1) is 15.2. The van der Waals surface area contributed by atoms with Gasteiger partial charge in [0.15, 0.2) is 0 Å². The van der Waals surface area contributed by atoms with Crippen molar-refractivity contribution in [2.75, 3.05) is 19.6 Å². The highest BCUT2D eigenvalue weighted by Crippen LogP contribution is 2.16. The third kappa shape index (κ3) is 6.42. The molecular formula is C13H28ClN. The molecule has 1 N–H and O–H groups in total. The van der Waals surface area contributed by atoms with Crippen LogP contribution in [0.2, 0.25) is 0 Å². The van der Waals surface area contributed by atoms with Crippen LogP contribution in [0, 0.1) is 5.92 Å². The van der Waals surface area contributed by atoms with Crippen LogP contribution in [0.4, 0.5) is 0 Å². The Morgan fingerprint density at radius 1 is 1.00 bits per heavy atom. The minimum absolute atomic E-state index is 0. The van der Waals surface area contributed by atoms with Gasteiger partial charge in [-0.1, -0.05) is 39.5 Å². The Kier molecular flexibility index (Phi) is 9.63. The lowest BCUT2D eigenvalue weighted by Gasteiger charge is -2.29. The largest absolute Gasteiger partial charge is 1.00 e. The predicted octanol–water partition coefficient (Wildman–Crippen LogP) is -0.724. The number of quaternary nitrogens is 1. The summed E-state index contributed by atoms with van der Waals surface area (Å²) in [5.41, 5.74) is 0. The van der Waals surface area contributed by atoms with E-state index in [9.17, 15) is 0 Å². The number of hydrogen-bond donors (Lipinski definition) is 1. The van der Waals surface area contributed by atoms with E-state index in [4.69, 9.17) is 0 Å². The zero-order valence-corrected chi connectivity index (χ0v) is 11.3. The molecule has 2 heteroatoms. The summed E-state index contributed by atoms with van der Waals surface area (Å²) in [5.74, 6) is 1.07. The minimum atomic E-state index is 0. The van der Waals surface area contributed by atoms with Gasteiger partial charge in [0.1, 0.15) is 0 Å². The fraction of sp³-hybridized carbons (Fsp3) is 1.00. The van der Waals surface area contributed by atoms with Gasteiger partial charge < -0.3 is 17.3 Å². The quantitative estimate of drug-likeness (QED) is 0.618. The number of nitrogens with one attached hydrogen (secondary N) is 1. The summed E-state index contributed by atoms with van der Waals surface area (Å²) in [7, 11) is 0. The van der Waals surface area contributed by atoms with Crippen molar-refractivity contribution in [3.8, 4) is 0 Å². The van der Waals surface area contributed by atoms with E-state index in [2.05, 4.69) is 13.8 Å². The van der Waals surface area contributed by atoms with Gasteiger partial charge in [-0.3, -0.25) is 0 Å². The molecule has 0 aliphatic carbocycles. The van der Waals surface area contributed by atoms with Crippen LogP contribution in [0.3, 0.4) is 0 Å². The van der Waals surface area contributed by atoms with Crippen LogP contribution < -0.4 is 17.3 Å². The van der Waals surface area contributed by atoms with Gasteiger partial charge in [-0.15, -0.1) is 0 Å².